The number of carbonyl (C=O) groups is 4. The van der Waals surface area contributed by atoms with E-state index in [0.29, 0.717) is 57.7 Å². The zero-order valence-corrected chi connectivity index (χ0v) is 21.1. The highest BCUT2D eigenvalue weighted by Gasteiger charge is 2.58. The average molecular weight is 487 g/mol. The summed E-state index contributed by atoms with van der Waals surface area (Å²) < 4.78 is 5.60. The molecule has 35 heavy (non-hydrogen) atoms. The summed E-state index contributed by atoms with van der Waals surface area (Å²) in [5, 5.41) is 5.73. The van der Waals surface area contributed by atoms with Crippen LogP contribution in [0.25, 0.3) is 0 Å². The number of hydrogen-bond donors (Lipinski definition) is 2. The molecule has 4 unspecified atom stereocenters. The summed E-state index contributed by atoms with van der Waals surface area (Å²) in [5.41, 5.74) is -1.60. The van der Waals surface area contributed by atoms with Gasteiger partial charge in [0, 0.05) is 25.6 Å². The van der Waals surface area contributed by atoms with Crippen molar-refractivity contribution in [3.05, 3.63) is 0 Å². The van der Waals surface area contributed by atoms with Crippen LogP contribution in [0.3, 0.4) is 0 Å². The Morgan fingerprint density at radius 3 is 2.54 bits per heavy atom. The van der Waals surface area contributed by atoms with E-state index < -0.39 is 29.3 Å². The first kappa shape index (κ1) is 25.3. The van der Waals surface area contributed by atoms with Crippen LogP contribution in [0.1, 0.15) is 72.1 Å². The molecule has 1 spiro atoms. The van der Waals surface area contributed by atoms with Crippen LogP contribution in [0.4, 0.5) is 4.79 Å². The van der Waals surface area contributed by atoms with Gasteiger partial charge in [0.05, 0.1) is 6.04 Å². The van der Waals surface area contributed by atoms with E-state index in [4.69, 9.17) is 11.2 Å². The summed E-state index contributed by atoms with van der Waals surface area (Å²) in [6.45, 7) is 6.93. The van der Waals surface area contributed by atoms with E-state index in [0.717, 1.165) is 19.3 Å². The lowest BCUT2D eigenvalue weighted by molar-refractivity contribution is -0.143. The number of hydrogen-bond acceptors (Lipinski definition) is 5. The molecule has 4 atom stereocenters. The second-order valence-corrected chi connectivity index (χ2v) is 11.5. The molecule has 4 aliphatic rings. The summed E-state index contributed by atoms with van der Waals surface area (Å²) in [4.78, 5) is 55.5. The Morgan fingerprint density at radius 2 is 1.94 bits per heavy atom. The molecule has 4 fully saturated rings. The maximum Gasteiger partial charge on any atom is 0.411 e. The number of carbonyl (C=O) groups excluding carboxylic acids is 4. The van der Waals surface area contributed by atoms with Gasteiger partial charge in [-0.15, -0.1) is 6.42 Å². The van der Waals surface area contributed by atoms with E-state index in [9.17, 15) is 19.2 Å². The quantitative estimate of drug-likeness (QED) is 0.534. The zero-order chi connectivity index (χ0) is 25.4. The molecule has 1 saturated carbocycles. The van der Waals surface area contributed by atoms with Gasteiger partial charge in [0.25, 0.3) is 0 Å². The Bertz CT molecular complexity index is 918. The molecular formula is C26H38N4O5. The van der Waals surface area contributed by atoms with Gasteiger partial charge in [-0.2, -0.15) is 0 Å². The number of nitrogens with zero attached hydrogens (tertiary/aromatic N) is 2. The fraction of sp³-hybridized carbons (Fsp3) is 0.769. The van der Waals surface area contributed by atoms with Crippen molar-refractivity contribution >= 4 is 23.8 Å². The van der Waals surface area contributed by atoms with Gasteiger partial charge in [0.15, 0.2) is 0 Å². The van der Waals surface area contributed by atoms with Crippen LogP contribution in [0.2, 0.25) is 0 Å². The molecule has 2 N–H and O–H groups in total. The molecule has 0 aromatic heterocycles. The van der Waals surface area contributed by atoms with Crippen LogP contribution in [0.15, 0.2) is 0 Å². The topological polar surface area (TPSA) is 108 Å². The molecular weight excluding hydrogens is 448 g/mol. The molecule has 4 rings (SSSR count). The number of rotatable bonds is 7. The van der Waals surface area contributed by atoms with Crippen molar-refractivity contribution in [2.75, 3.05) is 19.6 Å². The Labute approximate surface area is 207 Å². The van der Waals surface area contributed by atoms with Crippen LogP contribution in [-0.4, -0.2) is 76.5 Å². The molecule has 9 nitrogen and oxygen atoms in total. The van der Waals surface area contributed by atoms with Crippen molar-refractivity contribution in [3.63, 3.8) is 0 Å². The van der Waals surface area contributed by atoms with E-state index >= 15 is 0 Å². The predicted octanol–water partition coefficient (Wildman–Crippen LogP) is 1.80. The molecule has 192 valence electrons. The summed E-state index contributed by atoms with van der Waals surface area (Å²) in [6, 6.07) is -1.21. The Morgan fingerprint density at radius 1 is 1.20 bits per heavy atom. The second-order valence-electron chi connectivity index (χ2n) is 11.5. The lowest BCUT2D eigenvalue weighted by Crippen LogP contribution is -2.57. The van der Waals surface area contributed by atoms with E-state index in [1.807, 2.05) is 20.8 Å². The first-order valence-corrected chi connectivity index (χ1v) is 12.9. The monoisotopic (exact) mass is 486 g/mol. The van der Waals surface area contributed by atoms with Crippen LogP contribution >= 0.6 is 0 Å². The molecule has 3 aliphatic heterocycles. The summed E-state index contributed by atoms with van der Waals surface area (Å²) in [5.74, 6) is 2.33. The van der Waals surface area contributed by atoms with Gasteiger partial charge >= 0.3 is 6.09 Å². The lowest BCUT2D eigenvalue weighted by Gasteiger charge is -2.36. The van der Waals surface area contributed by atoms with E-state index in [1.54, 1.807) is 9.80 Å². The van der Waals surface area contributed by atoms with E-state index in [2.05, 4.69) is 16.6 Å². The van der Waals surface area contributed by atoms with Crippen molar-refractivity contribution < 1.29 is 23.9 Å². The smallest absolute Gasteiger partial charge is 0.411 e. The van der Waals surface area contributed by atoms with Gasteiger partial charge < -0.3 is 20.3 Å². The van der Waals surface area contributed by atoms with Crippen molar-refractivity contribution in [1.29, 1.82) is 0 Å². The minimum atomic E-state index is -0.947. The molecule has 9 heteroatoms. The molecule has 3 heterocycles. The largest absolute Gasteiger partial charge is 0.444 e. The van der Waals surface area contributed by atoms with Crippen molar-refractivity contribution in [1.82, 2.24) is 20.4 Å². The van der Waals surface area contributed by atoms with Crippen LogP contribution < -0.4 is 10.6 Å². The zero-order valence-electron chi connectivity index (χ0n) is 21.1. The standard InChI is InChI=1S/C26H38N4O5/c1-5-19(16-18-9-12-27-21(18)31)28-22(32)20(15-17-7-8-17)29-14-11-26(23(29)33)10-6-13-30(26)24(34)35-25(2,3)4/h1,17-20H,6-16H2,2-4H3,(H,27,31)(H,28,32). The lowest BCUT2D eigenvalue weighted by atomic mass is 9.94. The third-order valence-corrected chi connectivity index (χ3v) is 7.66. The highest BCUT2D eigenvalue weighted by atomic mass is 16.6. The van der Waals surface area contributed by atoms with Crippen LogP contribution in [0.5, 0.6) is 0 Å². The normalized spacial score (nSPS) is 28.1. The fourth-order valence-electron chi connectivity index (χ4n) is 5.66. The highest BCUT2D eigenvalue weighted by molar-refractivity contribution is 5.96. The Balaban J connectivity index is 1.48. The van der Waals surface area contributed by atoms with Crippen molar-refractivity contribution in [3.8, 4) is 12.3 Å². The number of nitrogens with one attached hydrogen (secondary N) is 2. The number of terminal acetylenes is 1. The van der Waals surface area contributed by atoms with Crippen LogP contribution in [-0.2, 0) is 19.1 Å². The Kier molecular flexibility index (Phi) is 7.03. The highest BCUT2D eigenvalue weighted by Crippen LogP contribution is 2.42. The number of amides is 4. The average Bonchev–Trinajstić information content (AvgIpc) is 3.21. The third-order valence-electron chi connectivity index (χ3n) is 7.66. The van der Waals surface area contributed by atoms with Crippen LogP contribution in [0, 0.1) is 24.2 Å². The first-order valence-electron chi connectivity index (χ1n) is 12.9. The molecule has 0 bridgehead atoms. The molecule has 0 aromatic carbocycles. The molecule has 1 aliphatic carbocycles. The van der Waals surface area contributed by atoms with Gasteiger partial charge in [-0.1, -0.05) is 18.8 Å². The number of ether oxygens (including phenoxy) is 1. The van der Waals surface area contributed by atoms with Crippen molar-refractivity contribution in [2.45, 2.75) is 95.4 Å². The number of likely N-dealkylation sites (tertiary alicyclic amines) is 2. The third kappa shape index (κ3) is 5.41. The minimum Gasteiger partial charge on any atom is -0.444 e. The Hall–Kier alpha value is -2.76. The predicted molar refractivity (Wildman–Crippen MR) is 129 cm³/mol. The summed E-state index contributed by atoms with van der Waals surface area (Å²) >= 11 is 0. The van der Waals surface area contributed by atoms with E-state index in [1.165, 1.54) is 0 Å². The fourth-order valence-corrected chi connectivity index (χ4v) is 5.66. The summed E-state index contributed by atoms with van der Waals surface area (Å²) in [7, 11) is 0. The summed E-state index contributed by atoms with van der Waals surface area (Å²) in [6.07, 6.45) is 10.8. The van der Waals surface area contributed by atoms with Gasteiger partial charge in [0.1, 0.15) is 17.2 Å². The van der Waals surface area contributed by atoms with Gasteiger partial charge in [-0.05, 0) is 65.2 Å². The van der Waals surface area contributed by atoms with Gasteiger partial charge in [0.2, 0.25) is 17.7 Å². The molecule has 3 saturated heterocycles. The minimum absolute atomic E-state index is 0.0332. The second kappa shape index (κ2) is 9.71. The maximum absolute atomic E-state index is 13.8. The van der Waals surface area contributed by atoms with Gasteiger partial charge in [-0.3, -0.25) is 19.3 Å². The first-order chi connectivity index (χ1) is 16.5. The molecule has 4 amide bonds. The maximum atomic E-state index is 13.8. The SMILES string of the molecule is C#CC(CC1CCNC1=O)NC(=O)C(CC1CC1)N1CCC2(CCCN2C(=O)OC(C)(C)C)C1=O. The molecule has 0 radical (unpaired) electrons. The van der Waals surface area contributed by atoms with Gasteiger partial charge in [-0.25, -0.2) is 4.79 Å². The molecule has 0 aromatic rings. The van der Waals surface area contributed by atoms with Crippen molar-refractivity contribution in [2.24, 2.45) is 11.8 Å². The van der Waals surface area contributed by atoms with E-state index in [-0.39, 0.29) is 23.6 Å².